The molecule has 0 aliphatic rings. The molecule has 0 N–H and O–H groups in total. The van der Waals surface area contributed by atoms with Crippen LogP contribution in [0.2, 0.25) is 0 Å². The number of hydrogen-bond donors (Lipinski definition) is 0. The van der Waals surface area contributed by atoms with Gasteiger partial charge in [-0.15, -0.1) is 0 Å². The van der Waals surface area contributed by atoms with E-state index in [0.29, 0.717) is 54.3 Å². The number of esters is 3. The fourth-order valence-electron chi connectivity index (χ4n) is 5.77. The SMILES string of the molecule is CCCCCCCCOC(=O)CCSCCC(=O)c1nc(C(=O)CCSCCC(=O)OCCCCCCCC)nc(C(=O)CCSCCC(=O)OCCCCCCCC)n1. The molecular weight excluding hydrogens is 823 g/mol. The summed E-state index contributed by atoms with van der Waals surface area (Å²) in [4.78, 5) is 88.5. The zero-order valence-electron chi connectivity index (χ0n) is 37.1. The highest BCUT2D eigenvalue weighted by atomic mass is 32.2. The second kappa shape index (κ2) is 39.3. The predicted molar refractivity (Wildman–Crippen MR) is 246 cm³/mol. The molecule has 15 heteroatoms. The molecule has 0 saturated heterocycles. The summed E-state index contributed by atoms with van der Waals surface area (Å²) < 4.78 is 16.0. The zero-order valence-corrected chi connectivity index (χ0v) is 39.5. The molecule has 0 aliphatic carbocycles. The minimum absolute atomic E-state index is 0.0539. The summed E-state index contributed by atoms with van der Waals surface area (Å²) in [5, 5.41) is 0. The van der Waals surface area contributed by atoms with Gasteiger partial charge in [-0.25, -0.2) is 15.0 Å². The first kappa shape index (κ1) is 55.5. The predicted octanol–water partition coefficient (Wildman–Crippen LogP) is 10.7. The van der Waals surface area contributed by atoms with E-state index in [-0.39, 0.29) is 73.9 Å². The zero-order chi connectivity index (χ0) is 43.9. The van der Waals surface area contributed by atoms with Crippen molar-refractivity contribution < 1.29 is 43.0 Å². The van der Waals surface area contributed by atoms with Crippen LogP contribution in [0.5, 0.6) is 0 Å². The van der Waals surface area contributed by atoms with Crippen LogP contribution in [0, 0.1) is 0 Å². The lowest BCUT2D eigenvalue weighted by Gasteiger charge is -2.07. The molecule has 60 heavy (non-hydrogen) atoms. The quantitative estimate of drug-likeness (QED) is 0.0263. The Hall–Kier alpha value is -2.52. The minimum atomic E-state index is -0.429. The van der Waals surface area contributed by atoms with Crippen LogP contribution < -0.4 is 0 Å². The maximum atomic E-state index is 13.2. The Kier molecular flexibility index (Phi) is 36.4. The van der Waals surface area contributed by atoms with Crippen molar-refractivity contribution in [3.05, 3.63) is 17.5 Å². The fourth-order valence-corrected chi connectivity index (χ4v) is 8.31. The summed E-state index contributed by atoms with van der Waals surface area (Å²) in [7, 11) is 0. The maximum Gasteiger partial charge on any atom is 0.306 e. The Balaban J connectivity index is 2.63. The lowest BCUT2D eigenvalue weighted by Crippen LogP contribution is -2.19. The van der Waals surface area contributed by atoms with E-state index in [9.17, 15) is 28.8 Å². The average Bonchev–Trinajstić information content (AvgIpc) is 3.24. The number of carbonyl (C=O) groups is 6. The first-order valence-corrected chi connectivity index (χ1v) is 26.2. The Morgan fingerprint density at radius 2 is 0.583 bits per heavy atom. The third-order valence-electron chi connectivity index (χ3n) is 9.44. The average molecular weight is 898 g/mol. The standard InChI is InChI=1S/C45H75N3O9S3/c1-4-7-10-13-16-19-28-55-40(52)25-34-58-31-22-37(49)43-46-44(38(50)23-32-59-35-26-41(53)56-29-20-17-14-11-8-5-2)48-45(47-43)39(51)24-33-60-36-27-42(54)57-30-21-18-15-12-9-6-3/h4-36H2,1-3H3. The summed E-state index contributed by atoms with van der Waals surface area (Å²) in [6, 6.07) is 0. The smallest absolute Gasteiger partial charge is 0.306 e. The number of thioether (sulfide) groups is 3. The molecule has 1 rings (SSSR count). The number of Topliss-reactive ketones (excluding diaryl/α,β-unsaturated/α-hetero) is 3. The van der Waals surface area contributed by atoms with Gasteiger partial charge in [0.05, 0.1) is 39.1 Å². The van der Waals surface area contributed by atoms with Gasteiger partial charge in [0, 0.05) is 53.8 Å². The molecule has 0 bridgehead atoms. The first-order valence-electron chi connectivity index (χ1n) is 22.8. The molecule has 1 heterocycles. The summed E-state index contributed by atoms with van der Waals surface area (Å²) in [6.45, 7) is 7.81. The van der Waals surface area contributed by atoms with E-state index in [1.807, 2.05) is 0 Å². The van der Waals surface area contributed by atoms with Gasteiger partial charge in [-0.1, -0.05) is 117 Å². The monoisotopic (exact) mass is 897 g/mol. The van der Waals surface area contributed by atoms with Crippen LogP contribution in [0.1, 0.15) is 207 Å². The minimum Gasteiger partial charge on any atom is -0.466 e. The maximum absolute atomic E-state index is 13.2. The second-order valence-electron chi connectivity index (χ2n) is 14.9. The van der Waals surface area contributed by atoms with E-state index in [1.54, 1.807) is 0 Å². The van der Waals surface area contributed by atoms with Crippen LogP contribution >= 0.6 is 35.3 Å². The van der Waals surface area contributed by atoms with Crippen LogP contribution in [0.4, 0.5) is 0 Å². The molecule has 0 aliphatic heterocycles. The van der Waals surface area contributed by atoms with Gasteiger partial charge >= 0.3 is 17.9 Å². The summed E-state index contributed by atoms with van der Waals surface area (Å²) in [5.41, 5.74) is 0. The van der Waals surface area contributed by atoms with Crippen molar-refractivity contribution in [2.75, 3.05) is 54.3 Å². The van der Waals surface area contributed by atoms with Gasteiger partial charge < -0.3 is 14.2 Å². The topological polar surface area (TPSA) is 169 Å². The molecule has 0 saturated carbocycles. The molecule has 1 aromatic rings. The Labute approximate surface area is 373 Å². The van der Waals surface area contributed by atoms with Gasteiger partial charge in [0.15, 0.2) is 17.5 Å². The van der Waals surface area contributed by atoms with E-state index in [1.165, 1.54) is 93.1 Å². The number of ether oxygens (including phenoxy) is 3. The van der Waals surface area contributed by atoms with E-state index in [0.717, 1.165) is 57.8 Å². The van der Waals surface area contributed by atoms with Crippen LogP contribution in [0.3, 0.4) is 0 Å². The molecule has 342 valence electrons. The van der Waals surface area contributed by atoms with Gasteiger partial charge in [-0.05, 0) is 19.3 Å². The molecule has 0 amide bonds. The Bertz CT molecular complexity index is 1180. The van der Waals surface area contributed by atoms with Gasteiger partial charge in [-0.2, -0.15) is 35.3 Å². The van der Waals surface area contributed by atoms with E-state index < -0.39 is 17.3 Å². The lowest BCUT2D eigenvalue weighted by atomic mass is 10.1. The van der Waals surface area contributed by atoms with E-state index >= 15 is 0 Å². The molecule has 0 spiro atoms. The number of carbonyl (C=O) groups excluding carboxylic acids is 6. The summed E-state index contributed by atoms with van der Waals surface area (Å²) in [6.07, 6.45) is 21.0. The molecule has 1 aromatic heterocycles. The van der Waals surface area contributed by atoms with Gasteiger partial charge in [0.25, 0.3) is 0 Å². The fraction of sp³-hybridized carbons (Fsp3) is 0.800. The highest BCUT2D eigenvalue weighted by Crippen LogP contribution is 2.15. The van der Waals surface area contributed by atoms with Crippen molar-refractivity contribution in [1.82, 2.24) is 15.0 Å². The van der Waals surface area contributed by atoms with Crippen molar-refractivity contribution in [2.45, 2.75) is 175 Å². The molecule has 0 aromatic carbocycles. The largest absolute Gasteiger partial charge is 0.466 e. The number of nitrogens with zero attached hydrogens (tertiary/aromatic N) is 3. The third-order valence-corrected chi connectivity index (χ3v) is 12.4. The molecule has 0 atom stereocenters. The Morgan fingerprint density at radius 1 is 0.350 bits per heavy atom. The molecule has 12 nitrogen and oxygen atoms in total. The third kappa shape index (κ3) is 31.3. The van der Waals surface area contributed by atoms with Crippen LogP contribution in [-0.2, 0) is 28.6 Å². The van der Waals surface area contributed by atoms with E-state index in [4.69, 9.17) is 14.2 Å². The summed E-state index contributed by atoms with van der Waals surface area (Å²) in [5.74, 6) is -0.0789. The van der Waals surface area contributed by atoms with Crippen molar-refractivity contribution in [1.29, 1.82) is 0 Å². The normalized spacial score (nSPS) is 11.1. The number of hydrogen-bond acceptors (Lipinski definition) is 15. The van der Waals surface area contributed by atoms with Crippen LogP contribution in [-0.4, -0.2) is 105 Å². The first-order chi connectivity index (χ1) is 29.2. The van der Waals surface area contributed by atoms with Gasteiger partial charge in [0.2, 0.25) is 17.3 Å². The highest BCUT2D eigenvalue weighted by Gasteiger charge is 2.21. The van der Waals surface area contributed by atoms with Gasteiger partial charge in [0.1, 0.15) is 0 Å². The van der Waals surface area contributed by atoms with Crippen molar-refractivity contribution in [2.24, 2.45) is 0 Å². The number of rotatable bonds is 42. The number of unbranched alkanes of at least 4 members (excludes halogenated alkanes) is 15. The van der Waals surface area contributed by atoms with E-state index in [2.05, 4.69) is 35.7 Å². The second-order valence-corrected chi connectivity index (χ2v) is 18.6. The molecule has 0 unspecified atom stereocenters. The number of aromatic nitrogens is 3. The molecule has 0 radical (unpaired) electrons. The van der Waals surface area contributed by atoms with Crippen molar-refractivity contribution in [3.8, 4) is 0 Å². The highest BCUT2D eigenvalue weighted by molar-refractivity contribution is 7.99. The van der Waals surface area contributed by atoms with Crippen LogP contribution in [0.15, 0.2) is 0 Å². The molecular formula is C45H75N3O9S3. The Morgan fingerprint density at radius 3 is 0.850 bits per heavy atom. The van der Waals surface area contributed by atoms with Crippen molar-refractivity contribution in [3.63, 3.8) is 0 Å². The number of ketones is 3. The summed E-state index contributed by atoms with van der Waals surface area (Å²) >= 11 is 4.30. The molecule has 0 fully saturated rings. The van der Waals surface area contributed by atoms with Crippen molar-refractivity contribution >= 4 is 70.5 Å². The van der Waals surface area contributed by atoms with Crippen LogP contribution in [0.25, 0.3) is 0 Å². The van der Waals surface area contributed by atoms with Gasteiger partial charge in [-0.3, -0.25) is 28.8 Å². The lowest BCUT2D eigenvalue weighted by molar-refractivity contribution is -0.144.